The van der Waals surface area contributed by atoms with Crippen molar-refractivity contribution in [2.45, 2.75) is 0 Å². The van der Waals surface area contributed by atoms with Gasteiger partial charge in [0.15, 0.2) is 0 Å². The lowest BCUT2D eigenvalue weighted by molar-refractivity contribution is 0.0696. The van der Waals surface area contributed by atoms with E-state index < -0.39 is 17.8 Å². The summed E-state index contributed by atoms with van der Waals surface area (Å²) in [6, 6.07) is 8.44. The molecule has 0 radical (unpaired) electrons. The Morgan fingerprint density at radius 1 is 1.05 bits per heavy atom. The lowest BCUT2D eigenvalue weighted by Crippen LogP contribution is -2.27. The Morgan fingerprint density at radius 3 is 2.20 bits per heavy atom. The predicted molar refractivity (Wildman–Crippen MR) is 70.0 cm³/mol. The van der Waals surface area contributed by atoms with E-state index in [-0.39, 0.29) is 16.8 Å². The van der Waals surface area contributed by atoms with Crippen LogP contribution in [0.25, 0.3) is 0 Å². The molecular formula is C13H11N3O4. The Hall–Kier alpha value is -3.09. The number of rotatable bonds is 4. The average Bonchev–Trinajstić information content (AvgIpc) is 2.87. The minimum Gasteiger partial charge on any atom is -0.478 e. The fraction of sp³-hybridized carbons (Fsp3) is 0. The van der Waals surface area contributed by atoms with Gasteiger partial charge in [-0.25, -0.2) is 4.79 Å². The number of amides is 2. The highest BCUT2D eigenvalue weighted by Crippen LogP contribution is 2.06. The normalized spacial score (nSPS) is 10.0. The lowest BCUT2D eigenvalue weighted by atomic mass is 10.1. The number of primary amides is 1. The number of carboxylic acid groups (broad SMARTS) is 1. The third-order valence-electron chi connectivity index (χ3n) is 2.62. The molecule has 1 aromatic heterocycles. The van der Waals surface area contributed by atoms with Crippen molar-refractivity contribution >= 4 is 17.8 Å². The second-order valence-corrected chi connectivity index (χ2v) is 3.95. The molecule has 0 bridgehead atoms. The molecule has 2 rings (SSSR count). The van der Waals surface area contributed by atoms with E-state index >= 15 is 0 Å². The van der Waals surface area contributed by atoms with Crippen molar-refractivity contribution in [1.29, 1.82) is 0 Å². The van der Waals surface area contributed by atoms with Gasteiger partial charge in [-0.2, -0.15) is 0 Å². The molecule has 0 aliphatic carbocycles. The molecule has 2 aromatic rings. The number of nitrogens with zero attached hydrogens (tertiary/aromatic N) is 1. The topological polar surface area (TPSA) is 114 Å². The average molecular weight is 273 g/mol. The van der Waals surface area contributed by atoms with Crippen molar-refractivity contribution in [3.63, 3.8) is 0 Å². The highest BCUT2D eigenvalue weighted by atomic mass is 16.4. The molecule has 20 heavy (non-hydrogen) atoms. The van der Waals surface area contributed by atoms with E-state index in [1.807, 2.05) is 0 Å². The van der Waals surface area contributed by atoms with Crippen molar-refractivity contribution in [3.05, 3.63) is 59.4 Å². The predicted octanol–water partition coefficient (Wildman–Crippen LogP) is 0.669. The fourth-order valence-electron chi connectivity index (χ4n) is 1.62. The minimum absolute atomic E-state index is 0.0836. The second kappa shape index (κ2) is 5.27. The first-order valence-corrected chi connectivity index (χ1v) is 5.61. The summed E-state index contributed by atoms with van der Waals surface area (Å²) in [5.41, 5.74) is 8.10. The number of aromatic carboxylic acids is 1. The zero-order chi connectivity index (χ0) is 14.7. The van der Waals surface area contributed by atoms with Gasteiger partial charge in [0.25, 0.3) is 11.8 Å². The summed E-state index contributed by atoms with van der Waals surface area (Å²) in [6.45, 7) is 0. The van der Waals surface area contributed by atoms with Crippen molar-refractivity contribution in [2.75, 3.05) is 5.43 Å². The first-order chi connectivity index (χ1) is 9.49. The molecule has 0 aliphatic heterocycles. The first kappa shape index (κ1) is 13.3. The summed E-state index contributed by atoms with van der Waals surface area (Å²) in [7, 11) is 0. The Kier molecular flexibility index (Phi) is 3.52. The van der Waals surface area contributed by atoms with Crippen LogP contribution in [0.4, 0.5) is 0 Å². The third kappa shape index (κ3) is 2.66. The van der Waals surface area contributed by atoms with Crippen LogP contribution in [0.1, 0.15) is 31.2 Å². The highest BCUT2D eigenvalue weighted by Gasteiger charge is 2.11. The van der Waals surface area contributed by atoms with E-state index in [2.05, 4.69) is 5.43 Å². The second-order valence-electron chi connectivity index (χ2n) is 3.95. The quantitative estimate of drug-likeness (QED) is 0.759. The number of nitrogens with two attached hydrogens (primary N) is 1. The molecular weight excluding hydrogens is 262 g/mol. The molecule has 4 N–H and O–H groups in total. The number of hydrogen-bond acceptors (Lipinski definition) is 3. The van der Waals surface area contributed by atoms with E-state index in [9.17, 15) is 14.4 Å². The molecule has 1 aromatic carbocycles. The van der Waals surface area contributed by atoms with Crippen LogP contribution in [0.3, 0.4) is 0 Å². The number of carboxylic acids is 1. The summed E-state index contributed by atoms with van der Waals surface area (Å²) in [5.74, 6) is -2.23. The lowest BCUT2D eigenvalue weighted by Gasteiger charge is -2.09. The van der Waals surface area contributed by atoms with Gasteiger partial charge in [0.05, 0.1) is 5.56 Å². The molecule has 0 spiro atoms. The van der Waals surface area contributed by atoms with E-state index in [1.165, 1.54) is 41.2 Å². The van der Waals surface area contributed by atoms with E-state index in [4.69, 9.17) is 10.8 Å². The van der Waals surface area contributed by atoms with Gasteiger partial charge < -0.3 is 10.8 Å². The largest absolute Gasteiger partial charge is 0.478 e. The van der Waals surface area contributed by atoms with Crippen molar-refractivity contribution in [1.82, 2.24) is 4.68 Å². The molecule has 0 atom stereocenters. The molecule has 1 heterocycles. The van der Waals surface area contributed by atoms with Crippen LogP contribution in [0.5, 0.6) is 0 Å². The van der Waals surface area contributed by atoms with Gasteiger partial charge in [-0.15, -0.1) is 0 Å². The molecule has 102 valence electrons. The van der Waals surface area contributed by atoms with Gasteiger partial charge in [-0.1, -0.05) is 0 Å². The van der Waals surface area contributed by atoms with Gasteiger partial charge in [0.1, 0.15) is 5.69 Å². The Balaban J connectivity index is 2.17. The highest BCUT2D eigenvalue weighted by molar-refractivity contribution is 6.01. The Bertz CT molecular complexity index is 673. The van der Waals surface area contributed by atoms with Crippen LogP contribution in [-0.4, -0.2) is 27.6 Å². The molecule has 0 unspecified atom stereocenters. The van der Waals surface area contributed by atoms with Gasteiger partial charge in [-0.3, -0.25) is 19.7 Å². The summed E-state index contributed by atoms with van der Waals surface area (Å²) >= 11 is 0. The van der Waals surface area contributed by atoms with Gasteiger partial charge in [0.2, 0.25) is 0 Å². The zero-order valence-electron chi connectivity index (χ0n) is 10.2. The fourth-order valence-corrected chi connectivity index (χ4v) is 1.62. The van der Waals surface area contributed by atoms with Crippen LogP contribution in [0.2, 0.25) is 0 Å². The number of benzene rings is 1. The molecule has 7 heteroatoms. The van der Waals surface area contributed by atoms with Crippen LogP contribution < -0.4 is 11.2 Å². The molecule has 2 amide bonds. The van der Waals surface area contributed by atoms with E-state index in [1.54, 1.807) is 6.07 Å². The maximum Gasteiger partial charge on any atom is 0.335 e. The number of hydrogen-bond donors (Lipinski definition) is 3. The number of carbonyl (C=O) groups excluding carboxylic acids is 2. The monoisotopic (exact) mass is 273 g/mol. The molecule has 0 fully saturated rings. The van der Waals surface area contributed by atoms with Gasteiger partial charge >= 0.3 is 5.97 Å². The van der Waals surface area contributed by atoms with Crippen LogP contribution in [0.15, 0.2) is 42.6 Å². The third-order valence-corrected chi connectivity index (χ3v) is 2.62. The zero-order valence-corrected chi connectivity index (χ0v) is 10.2. The number of carbonyl (C=O) groups is 3. The summed E-state index contributed by atoms with van der Waals surface area (Å²) in [6.07, 6.45) is 1.48. The first-order valence-electron chi connectivity index (χ1n) is 5.61. The summed E-state index contributed by atoms with van der Waals surface area (Å²) < 4.78 is 1.20. The SMILES string of the molecule is NC(=O)c1cccn1NC(=O)c1ccc(C(=O)O)cc1. The molecule has 7 nitrogen and oxygen atoms in total. The summed E-state index contributed by atoms with van der Waals surface area (Å²) in [5, 5.41) is 8.76. The van der Waals surface area contributed by atoms with Crippen LogP contribution in [0, 0.1) is 0 Å². The molecule has 0 saturated heterocycles. The van der Waals surface area contributed by atoms with Crippen LogP contribution in [-0.2, 0) is 0 Å². The minimum atomic E-state index is -1.07. The van der Waals surface area contributed by atoms with Crippen LogP contribution >= 0.6 is 0 Å². The van der Waals surface area contributed by atoms with Gasteiger partial charge in [0, 0.05) is 11.8 Å². The maximum absolute atomic E-state index is 11.9. The molecule has 0 aliphatic rings. The number of nitrogens with one attached hydrogen (secondary N) is 1. The smallest absolute Gasteiger partial charge is 0.335 e. The van der Waals surface area contributed by atoms with Crippen molar-refractivity contribution < 1.29 is 19.5 Å². The van der Waals surface area contributed by atoms with E-state index in [0.717, 1.165) is 0 Å². The maximum atomic E-state index is 11.9. The summed E-state index contributed by atoms with van der Waals surface area (Å²) in [4.78, 5) is 33.7. The van der Waals surface area contributed by atoms with Gasteiger partial charge in [-0.05, 0) is 36.4 Å². The molecule has 0 saturated carbocycles. The standard InChI is InChI=1S/C13H11N3O4/c14-11(17)10-2-1-7-16(10)15-12(18)8-3-5-9(6-4-8)13(19)20/h1-7H,(H2,14,17)(H,15,18)(H,19,20). The Labute approximate surface area is 113 Å². The number of aromatic nitrogens is 1. The van der Waals surface area contributed by atoms with Crippen molar-refractivity contribution in [2.24, 2.45) is 5.73 Å². The Morgan fingerprint density at radius 2 is 1.65 bits per heavy atom. The van der Waals surface area contributed by atoms with E-state index in [0.29, 0.717) is 0 Å². The van der Waals surface area contributed by atoms with Crippen molar-refractivity contribution in [3.8, 4) is 0 Å².